The molecular weight excluding hydrogens is 374 g/mol. The van der Waals surface area contributed by atoms with Gasteiger partial charge in [-0.1, -0.05) is 55.0 Å². The first kappa shape index (κ1) is 19.8. The Labute approximate surface area is 169 Å². The highest BCUT2D eigenvalue weighted by atomic mass is 35.5. The van der Waals surface area contributed by atoms with E-state index in [1.807, 2.05) is 43.4 Å². The molecule has 0 saturated carbocycles. The predicted octanol–water partition coefficient (Wildman–Crippen LogP) is 4.17. The second-order valence-electron chi connectivity index (χ2n) is 6.79. The molecule has 0 bridgehead atoms. The van der Waals surface area contributed by atoms with Gasteiger partial charge >= 0.3 is 0 Å². The second kappa shape index (κ2) is 7.98. The molecule has 0 aromatic heterocycles. The number of likely N-dealkylation sites (N-methyl/N-ethyl adjacent to an activating group) is 1. The summed E-state index contributed by atoms with van der Waals surface area (Å²) in [6, 6.07) is 6.04. The fourth-order valence-corrected chi connectivity index (χ4v) is 3.38. The number of aliphatic hydroxyl groups is 1. The Bertz CT molecular complexity index is 982. The summed E-state index contributed by atoms with van der Waals surface area (Å²) >= 11 is 6.04. The molecule has 0 saturated heterocycles. The van der Waals surface area contributed by atoms with Crippen molar-refractivity contribution in [2.75, 3.05) is 7.05 Å². The summed E-state index contributed by atoms with van der Waals surface area (Å²) in [5, 5.41) is 22.3. The Balaban J connectivity index is 2.35. The molecule has 1 aliphatic heterocycles. The Morgan fingerprint density at radius 2 is 1.79 bits per heavy atom. The first-order chi connectivity index (χ1) is 13.3. The number of aliphatic imine (C=N–C) groups is 1. The van der Waals surface area contributed by atoms with Gasteiger partial charge in [-0.25, -0.2) is 0 Å². The number of carbonyl (C=O) groups is 1. The van der Waals surface area contributed by atoms with Crippen molar-refractivity contribution >= 4 is 28.9 Å². The van der Waals surface area contributed by atoms with Crippen LogP contribution in [0.1, 0.15) is 19.4 Å². The molecule has 1 aromatic carbocycles. The molecule has 144 valence electrons. The molecule has 1 amide bonds. The Morgan fingerprint density at radius 3 is 2.36 bits per heavy atom. The van der Waals surface area contributed by atoms with E-state index in [0.717, 1.165) is 11.1 Å². The molecule has 2 unspecified atom stereocenters. The molecule has 1 aromatic rings. The van der Waals surface area contributed by atoms with Gasteiger partial charge in [0.05, 0.1) is 5.71 Å². The molecule has 3 N–H and O–H groups in total. The third-order valence-electron chi connectivity index (χ3n) is 4.71. The lowest BCUT2D eigenvalue weighted by atomic mass is 9.91. The molecule has 6 heteroatoms. The highest BCUT2D eigenvalue weighted by Gasteiger charge is 2.32. The Morgan fingerprint density at radius 1 is 1.18 bits per heavy atom. The number of rotatable bonds is 3. The Hall–Kier alpha value is -2.92. The van der Waals surface area contributed by atoms with Gasteiger partial charge in [-0.3, -0.25) is 9.79 Å². The van der Waals surface area contributed by atoms with Crippen LogP contribution in [0.5, 0.6) is 0 Å². The van der Waals surface area contributed by atoms with Gasteiger partial charge in [0.25, 0.3) is 5.91 Å². The van der Waals surface area contributed by atoms with E-state index in [0.29, 0.717) is 21.9 Å². The van der Waals surface area contributed by atoms with Crippen LogP contribution in [0.15, 0.2) is 76.0 Å². The van der Waals surface area contributed by atoms with Crippen LogP contribution in [0.4, 0.5) is 0 Å². The van der Waals surface area contributed by atoms with Gasteiger partial charge in [0.2, 0.25) is 0 Å². The van der Waals surface area contributed by atoms with Crippen LogP contribution in [0.25, 0.3) is 0 Å². The molecule has 3 rings (SSSR count). The monoisotopic (exact) mass is 395 g/mol. The van der Waals surface area contributed by atoms with E-state index in [2.05, 4.69) is 10.3 Å². The third kappa shape index (κ3) is 3.71. The second-order valence-corrected chi connectivity index (χ2v) is 7.23. The van der Waals surface area contributed by atoms with Gasteiger partial charge in [0, 0.05) is 34.5 Å². The largest absolute Gasteiger partial charge is 0.509 e. The molecule has 1 aliphatic carbocycles. The zero-order valence-electron chi connectivity index (χ0n) is 16.0. The minimum atomic E-state index is -1.14. The van der Waals surface area contributed by atoms with Crippen molar-refractivity contribution in [1.29, 1.82) is 5.41 Å². The first-order valence-electron chi connectivity index (χ1n) is 8.99. The zero-order chi connectivity index (χ0) is 20.4. The fourth-order valence-electron chi connectivity index (χ4n) is 3.25. The maximum atomic E-state index is 12.5. The quantitative estimate of drug-likeness (QED) is 0.671. The van der Waals surface area contributed by atoms with Gasteiger partial charge in [0.15, 0.2) is 6.04 Å². The molecule has 0 fully saturated rings. The molecule has 28 heavy (non-hydrogen) atoms. The maximum Gasteiger partial charge on any atom is 0.252 e. The number of amides is 1. The minimum absolute atomic E-state index is 0.166. The van der Waals surface area contributed by atoms with E-state index in [1.165, 1.54) is 7.05 Å². The lowest BCUT2D eigenvalue weighted by Gasteiger charge is -2.14. The smallest absolute Gasteiger partial charge is 0.252 e. The van der Waals surface area contributed by atoms with Crippen molar-refractivity contribution in [3.05, 3.63) is 81.6 Å². The van der Waals surface area contributed by atoms with E-state index >= 15 is 0 Å². The van der Waals surface area contributed by atoms with Crippen LogP contribution in [0.2, 0.25) is 5.02 Å². The molecule has 2 atom stereocenters. The average Bonchev–Trinajstić information content (AvgIpc) is 2.92. The van der Waals surface area contributed by atoms with E-state index in [-0.39, 0.29) is 17.4 Å². The minimum Gasteiger partial charge on any atom is -0.509 e. The van der Waals surface area contributed by atoms with Gasteiger partial charge in [-0.05, 0) is 30.5 Å². The van der Waals surface area contributed by atoms with Crippen LogP contribution < -0.4 is 5.32 Å². The summed E-state index contributed by atoms with van der Waals surface area (Å²) < 4.78 is 0. The van der Waals surface area contributed by atoms with Crippen molar-refractivity contribution in [1.82, 2.24) is 5.32 Å². The van der Waals surface area contributed by atoms with Crippen molar-refractivity contribution < 1.29 is 9.90 Å². The number of carbonyl (C=O) groups excluding carboxylic acids is 1. The lowest BCUT2D eigenvalue weighted by Crippen LogP contribution is -2.33. The summed E-state index contributed by atoms with van der Waals surface area (Å²) in [6.07, 6.45) is 7.85. The highest BCUT2D eigenvalue weighted by molar-refractivity contribution is 6.30. The molecule has 0 spiro atoms. The number of hydrogen-bond acceptors (Lipinski definition) is 4. The average molecular weight is 396 g/mol. The normalized spacial score (nSPS) is 21.6. The maximum absolute atomic E-state index is 12.5. The molecular formula is C22H22ClN3O2. The number of hydrogen-bond donors (Lipinski definition) is 3. The fraction of sp³-hybridized carbons (Fsp3) is 0.227. The third-order valence-corrected chi connectivity index (χ3v) is 4.96. The van der Waals surface area contributed by atoms with Crippen molar-refractivity contribution in [3.63, 3.8) is 0 Å². The van der Waals surface area contributed by atoms with Crippen LogP contribution in [-0.4, -0.2) is 35.5 Å². The van der Waals surface area contributed by atoms with Crippen molar-refractivity contribution in [3.8, 4) is 0 Å². The number of allylic oxidation sites excluding steroid dienone is 7. The molecule has 1 heterocycles. The summed E-state index contributed by atoms with van der Waals surface area (Å²) in [6.45, 7) is 3.64. The van der Waals surface area contributed by atoms with E-state index < -0.39 is 11.9 Å². The highest BCUT2D eigenvalue weighted by Crippen LogP contribution is 2.32. The van der Waals surface area contributed by atoms with Crippen LogP contribution in [0.3, 0.4) is 0 Å². The molecule has 0 radical (unpaired) electrons. The van der Waals surface area contributed by atoms with E-state index in [1.54, 1.807) is 19.1 Å². The molecule has 5 nitrogen and oxygen atoms in total. The van der Waals surface area contributed by atoms with Crippen molar-refractivity contribution in [2.45, 2.75) is 19.9 Å². The standard InChI is InChI=1S/C22H22ClN3O2/c1-12-4-10-16-17(11-5-12)19(14-6-8-15(23)9-7-14)26-20(22(28)25-3)21(27)18(16)13(2)24/h4-12,20,24,27H,1-3H3,(H,25,28). The number of benzene rings is 1. The van der Waals surface area contributed by atoms with Gasteiger partial charge in [-0.15, -0.1) is 0 Å². The van der Waals surface area contributed by atoms with Gasteiger partial charge in [0.1, 0.15) is 5.76 Å². The van der Waals surface area contributed by atoms with E-state index in [9.17, 15) is 9.90 Å². The number of aliphatic hydroxyl groups excluding tert-OH is 1. The number of nitrogens with one attached hydrogen (secondary N) is 2. The van der Waals surface area contributed by atoms with Crippen LogP contribution >= 0.6 is 11.6 Å². The zero-order valence-corrected chi connectivity index (χ0v) is 16.7. The topological polar surface area (TPSA) is 85.5 Å². The Kier molecular flexibility index (Phi) is 5.66. The van der Waals surface area contributed by atoms with E-state index in [4.69, 9.17) is 17.0 Å². The first-order valence-corrected chi connectivity index (χ1v) is 9.36. The molecule has 2 aliphatic rings. The van der Waals surface area contributed by atoms with Crippen LogP contribution in [0, 0.1) is 11.3 Å². The SMILES string of the molecule is CNC(=O)C1N=C(c2ccc(Cl)cc2)C2=C(C=CC(C)C=C2)C(C(C)=N)=C1O. The van der Waals surface area contributed by atoms with Crippen molar-refractivity contribution in [2.24, 2.45) is 10.9 Å². The summed E-state index contributed by atoms with van der Waals surface area (Å²) in [5.74, 6) is -0.486. The summed E-state index contributed by atoms with van der Waals surface area (Å²) in [5.41, 5.74) is 3.26. The summed E-state index contributed by atoms with van der Waals surface area (Å²) in [4.78, 5) is 17.1. The van der Waals surface area contributed by atoms with Crippen LogP contribution in [-0.2, 0) is 4.79 Å². The van der Waals surface area contributed by atoms with Gasteiger partial charge < -0.3 is 15.8 Å². The van der Waals surface area contributed by atoms with Gasteiger partial charge in [-0.2, -0.15) is 0 Å². The number of nitrogens with zero attached hydrogens (tertiary/aromatic N) is 1. The summed E-state index contributed by atoms with van der Waals surface area (Å²) in [7, 11) is 1.49. The predicted molar refractivity (Wildman–Crippen MR) is 113 cm³/mol. The number of halogens is 1. The lowest BCUT2D eigenvalue weighted by molar-refractivity contribution is -0.121.